The number of aromatic nitrogens is 2. The Hall–Kier alpha value is -1.20. The highest BCUT2D eigenvalue weighted by Gasteiger charge is 2.25. The molecule has 1 N–H and O–H groups in total. The number of anilines is 1. The van der Waals surface area contributed by atoms with Crippen LogP contribution in [0.25, 0.3) is 10.2 Å². The van der Waals surface area contributed by atoms with Gasteiger partial charge >= 0.3 is 0 Å². The fourth-order valence-electron chi connectivity index (χ4n) is 3.27. The van der Waals surface area contributed by atoms with Gasteiger partial charge in [-0.15, -0.1) is 11.3 Å². The second-order valence-electron chi connectivity index (χ2n) is 6.60. The molecule has 1 aliphatic heterocycles. The largest absolute Gasteiger partial charge is 0.356 e. The van der Waals surface area contributed by atoms with Crippen LogP contribution < -0.4 is 10.2 Å². The van der Waals surface area contributed by atoms with Gasteiger partial charge in [-0.3, -0.25) is 0 Å². The molecule has 2 fully saturated rings. The smallest absolute Gasteiger partial charge is 0.140 e. The van der Waals surface area contributed by atoms with Crippen molar-refractivity contribution in [3.05, 3.63) is 17.3 Å². The summed E-state index contributed by atoms with van der Waals surface area (Å²) in [5.74, 6) is 2.11. The molecule has 4 nitrogen and oxygen atoms in total. The molecule has 1 aliphatic carbocycles. The van der Waals surface area contributed by atoms with Gasteiger partial charge in [-0.2, -0.15) is 0 Å². The Morgan fingerprint density at radius 3 is 2.77 bits per heavy atom. The van der Waals surface area contributed by atoms with Gasteiger partial charge in [0.25, 0.3) is 0 Å². The Balaban J connectivity index is 1.45. The molecule has 118 valence electrons. The van der Waals surface area contributed by atoms with E-state index in [2.05, 4.69) is 33.2 Å². The molecule has 22 heavy (non-hydrogen) atoms. The topological polar surface area (TPSA) is 41.0 Å². The normalized spacial score (nSPS) is 20.0. The van der Waals surface area contributed by atoms with Crippen molar-refractivity contribution in [1.29, 1.82) is 0 Å². The Morgan fingerprint density at radius 2 is 2.05 bits per heavy atom. The molecule has 2 aromatic rings. The van der Waals surface area contributed by atoms with E-state index in [4.69, 9.17) is 0 Å². The first kappa shape index (κ1) is 14.4. The van der Waals surface area contributed by atoms with Crippen LogP contribution in [0, 0.1) is 5.92 Å². The predicted molar refractivity (Wildman–Crippen MR) is 92.8 cm³/mol. The van der Waals surface area contributed by atoms with Crippen LogP contribution in [0.5, 0.6) is 0 Å². The Labute approximate surface area is 136 Å². The van der Waals surface area contributed by atoms with E-state index in [1.54, 1.807) is 17.7 Å². The first-order chi connectivity index (χ1) is 10.8. The van der Waals surface area contributed by atoms with Gasteiger partial charge < -0.3 is 10.2 Å². The molecule has 5 heteroatoms. The van der Waals surface area contributed by atoms with Crippen LogP contribution in [0.4, 0.5) is 5.82 Å². The Morgan fingerprint density at radius 1 is 1.23 bits per heavy atom. The molecule has 0 aromatic carbocycles. The highest BCUT2D eigenvalue weighted by Crippen LogP contribution is 2.32. The van der Waals surface area contributed by atoms with Gasteiger partial charge in [0, 0.05) is 24.0 Å². The van der Waals surface area contributed by atoms with Gasteiger partial charge in [0.1, 0.15) is 17.0 Å². The molecule has 0 radical (unpaired) electrons. The lowest BCUT2D eigenvalue weighted by atomic mass is 10.0. The third-order valence-electron chi connectivity index (χ3n) is 4.89. The van der Waals surface area contributed by atoms with Crippen molar-refractivity contribution in [3.63, 3.8) is 0 Å². The van der Waals surface area contributed by atoms with Crippen LogP contribution in [-0.4, -0.2) is 35.6 Å². The Kier molecular flexibility index (Phi) is 4.01. The lowest BCUT2D eigenvalue weighted by molar-refractivity contribution is 0.408. The fourth-order valence-corrected chi connectivity index (χ4v) is 4.20. The van der Waals surface area contributed by atoms with Gasteiger partial charge in [0.15, 0.2) is 0 Å². The molecule has 3 heterocycles. The van der Waals surface area contributed by atoms with Crippen LogP contribution in [0.1, 0.15) is 37.5 Å². The molecule has 0 bridgehead atoms. The molecule has 0 unspecified atom stereocenters. The quantitative estimate of drug-likeness (QED) is 0.919. The van der Waals surface area contributed by atoms with Gasteiger partial charge in [-0.05, 0) is 50.6 Å². The summed E-state index contributed by atoms with van der Waals surface area (Å²) < 4.78 is 0. The first-order valence-corrected chi connectivity index (χ1v) is 9.37. The second kappa shape index (κ2) is 6.13. The number of piperidine rings is 1. The summed E-state index contributed by atoms with van der Waals surface area (Å²) in [7, 11) is 0. The molecule has 0 amide bonds. The summed E-state index contributed by atoms with van der Waals surface area (Å²) in [5, 5.41) is 4.99. The minimum Gasteiger partial charge on any atom is -0.356 e. The number of rotatable bonds is 5. The summed E-state index contributed by atoms with van der Waals surface area (Å²) in [6.45, 7) is 5.64. The van der Waals surface area contributed by atoms with E-state index >= 15 is 0 Å². The molecule has 1 saturated carbocycles. The van der Waals surface area contributed by atoms with Crippen molar-refractivity contribution >= 4 is 27.4 Å². The minimum absolute atomic E-state index is 0.697. The van der Waals surface area contributed by atoms with Gasteiger partial charge in [-0.25, -0.2) is 9.97 Å². The van der Waals surface area contributed by atoms with Crippen LogP contribution in [0.15, 0.2) is 12.4 Å². The van der Waals surface area contributed by atoms with Crippen molar-refractivity contribution in [1.82, 2.24) is 15.3 Å². The maximum Gasteiger partial charge on any atom is 0.140 e. The van der Waals surface area contributed by atoms with Crippen LogP contribution in [-0.2, 0) is 6.42 Å². The fraction of sp³-hybridized carbons (Fsp3) is 0.647. The zero-order valence-electron chi connectivity index (χ0n) is 13.2. The zero-order valence-corrected chi connectivity index (χ0v) is 14.0. The molecule has 0 spiro atoms. The lowest BCUT2D eigenvalue weighted by Crippen LogP contribution is -2.43. The van der Waals surface area contributed by atoms with E-state index in [9.17, 15) is 0 Å². The number of thiophene rings is 1. The molecule has 2 aliphatic rings. The van der Waals surface area contributed by atoms with E-state index in [-0.39, 0.29) is 0 Å². The van der Waals surface area contributed by atoms with Crippen molar-refractivity contribution in [2.75, 3.05) is 24.5 Å². The summed E-state index contributed by atoms with van der Waals surface area (Å²) in [6, 6.07) is 2.98. The monoisotopic (exact) mass is 316 g/mol. The number of hydrogen-bond donors (Lipinski definition) is 1. The van der Waals surface area contributed by atoms with Gasteiger partial charge in [0.05, 0.1) is 5.39 Å². The summed E-state index contributed by atoms with van der Waals surface area (Å²) >= 11 is 1.80. The molecule has 0 atom stereocenters. The predicted octanol–water partition coefficient (Wildman–Crippen LogP) is 3.22. The van der Waals surface area contributed by atoms with Crippen LogP contribution >= 0.6 is 11.3 Å². The third-order valence-corrected chi connectivity index (χ3v) is 6.08. The second-order valence-corrected chi connectivity index (χ2v) is 7.71. The number of aryl methyl sites for hydroxylation is 1. The van der Waals surface area contributed by atoms with Gasteiger partial charge in [0.2, 0.25) is 0 Å². The summed E-state index contributed by atoms with van der Waals surface area (Å²) in [5.41, 5.74) is 0. The number of nitrogens with one attached hydrogen (secondary N) is 1. The SMILES string of the molecule is CCc1cc2c(N3CCC(NCC4CC4)CC3)ncnc2s1. The molecular weight excluding hydrogens is 292 g/mol. The van der Waals surface area contributed by atoms with Crippen molar-refractivity contribution in [2.45, 2.75) is 45.1 Å². The lowest BCUT2D eigenvalue weighted by Gasteiger charge is -2.33. The zero-order chi connectivity index (χ0) is 14.9. The third kappa shape index (κ3) is 2.97. The van der Waals surface area contributed by atoms with E-state index in [1.165, 1.54) is 42.5 Å². The average molecular weight is 316 g/mol. The van der Waals surface area contributed by atoms with Crippen LogP contribution in [0.2, 0.25) is 0 Å². The highest BCUT2D eigenvalue weighted by atomic mass is 32.1. The maximum atomic E-state index is 4.59. The average Bonchev–Trinajstić information content (AvgIpc) is 3.29. The maximum absolute atomic E-state index is 4.59. The van der Waals surface area contributed by atoms with Crippen molar-refractivity contribution in [2.24, 2.45) is 5.92 Å². The summed E-state index contributed by atoms with van der Waals surface area (Å²) in [6.07, 6.45) is 8.12. The molecular formula is C17H24N4S. The standard InChI is InChI=1S/C17H24N4S/c1-2-14-9-15-16(19-11-20-17(15)22-14)21-7-5-13(6-8-21)18-10-12-3-4-12/h9,11-13,18H,2-8,10H2,1H3. The molecule has 2 aromatic heterocycles. The molecule has 4 rings (SSSR count). The summed E-state index contributed by atoms with van der Waals surface area (Å²) in [4.78, 5) is 14.0. The minimum atomic E-state index is 0.697. The highest BCUT2D eigenvalue weighted by molar-refractivity contribution is 7.18. The van der Waals surface area contributed by atoms with Crippen LogP contribution in [0.3, 0.4) is 0 Å². The molecule has 1 saturated heterocycles. The van der Waals surface area contributed by atoms with E-state index in [1.807, 2.05) is 0 Å². The van der Waals surface area contributed by atoms with Gasteiger partial charge in [-0.1, -0.05) is 6.92 Å². The first-order valence-electron chi connectivity index (χ1n) is 8.55. The van der Waals surface area contributed by atoms with Crippen molar-refractivity contribution < 1.29 is 0 Å². The number of nitrogens with zero attached hydrogens (tertiary/aromatic N) is 3. The van der Waals surface area contributed by atoms with Crippen molar-refractivity contribution in [3.8, 4) is 0 Å². The Bertz CT molecular complexity index is 641. The number of hydrogen-bond acceptors (Lipinski definition) is 5. The van der Waals surface area contributed by atoms with E-state index < -0.39 is 0 Å². The van der Waals surface area contributed by atoms with E-state index in [0.29, 0.717) is 6.04 Å². The van der Waals surface area contributed by atoms with E-state index in [0.717, 1.165) is 36.1 Å². The number of fused-ring (bicyclic) bond motifs is 1.